The van der Waals surface area contributed by atoms with Crippen LogP contribution >= 0.6 is 22.7 Å². The average molecular weight is 434 g/mol. The second-order valence-electron chi connectivity index (χ2n) is 6.53. The molecule has 0 unspecified atom stereocenters. The van der Waals surface area contributed by atoms with Gasteiger partial charge in [-0.1, -0.05) is 24.3 Å². The molecule has 4 heterocycles. The molecule has 5 rings (SSSR count). The van der Waals surface area contributed by atoms with Gasteiger partial charge in [-0.3, -0.25) is 9.20 Å². The van der Waals surface area contributed by atoms with Gasteiger partial charge in [0.25, 0.3) is 5.91 Å². The highest BCUT2D eigenvalue weighted by Gasteiger charge is 2.13. The van der Waals surface area contributed by atoms with Gasteiger partial charge in [-0.2, -0.15) is 0 Å². The number of anilines is 1. The van der Waals surface area contributed by atoms with E-state index in [0.29, 0.717) is 22.8 Å². The van der Waals surface area contributed by atoms with E-state index in [0.717, 1.165) is 15.4 Å². The zero-order valence-electron chi connectivity index (χ0n) is 15.6. The van der Waals surface area contributed by atoms with Crippen LogP contribution in [0.3, 0.4) is 0 Å². The Labute approximate surface area is 178 Å². The molecule has 0 atom stereocenters. The van der Waals surface area contributed by atoms with Gasteiger partial charge in [0.2, 0.25) is 0 Å². The fourth-order valence-electron chi connectivity index (χ4n) is 3.08. The predicted molar refractivity (Wildman–Crippen MR) is 118 cm³/mol. The van der Waals surface area contributed by atoms with Crippen LogP contribution in [0.4, 0.5) is 5.69 Å². The molecule has 0 bridgehead atoms. The number of nitrogens with one attached hydrogen (secondary N) is 1. The van der Waals surface area contributed by atoms with Crippen molar-refractivity contribution < 1.29 is 4.79 Å². The fraction of sp³-hybridized carbons (Fsp3) is 0.0476. The van der Waals surface area contributed by atoms with Crippen LogP contribution in [-0.2, 0) is 6.54 Å². The van der Waals surface area contributed by atoms with Gasteiger partial charge >= 0.3 is 5.69 Å². The van der Waals surface area contributed by atoms with Crippen LogP contribution in [0.1, 0.15) is 15.2 Å². The summed E-state index contributed by atoms with van der Waals surface area (Å²) in [5.41, 5.74) is 1.91. The van der Waals surface area contributed by atoms with Crippen molar-refractivity contribution in [3.63, 3.8) is 0 Å². The Hall–Kier alpha value is -3.56. The molecule has 1 aromatic carbocycles. The Balaban J connectivity index is 1.34. The Bertz CT molecular complexity index is 1400. The summed E-state index contributed by atoms with van der Waals surface area (Å²) in [7, 11) is 0. The molecule has 0 radical (unpaired) electrons. The predicted octanol–water partition coefficient (Wildman–Crippen LogP) is 3.98. The smallest absolute Gasteiger partial charge is 0.321 e. The number of thiophene rings is 1. The molecule has 1 N–H and O–H groups in total. The summed E-state index contributed by atoms with van der Waals surface area (Å²) in [6.45, 7) is 0.313. The van der Waals surface area contributed by atoms with Crippen molar-refractivity contribution in [3.05, 3.63) is 93.3 Å². The largest absolute Gasteiger partial charge is 0.350 e. The fourth-order valence-corrected chi connectivity index (χ4v) is 4.69. The summed E-state index contributed by atoms with van der Waals surface area (Å²) >= 11 is 2.95. The Morgan fingerprint density at radius 1 is 1.10 bits per heavy atom. The van der Waals surface area contributed by atoms with E-state index < -0.39 is 0 Å². The third-order valence-corrected chi connectivity index (χ3v) is 6.50. The van der Waals surface area contributed by atoms with E-state index in [2.05, 4.69) is 15.4 Å². The first-order valence-electron chi connectivity index (χ1n) is 9.11. The summed E-state index contributed by atoms with van der Waals surface area (Å²) in [5, 5.41) is 10.1. The number of carbonyl (C=O) groups excluding carboxylic acids is 1. The summed E-state index contributed by atoms with van der Waals surface area (Å²) in [5.74, 6) is -0.211. The number of aromatic nitrogens is 4. The minimum absolute atomic E-state index is 0.203. The number of pyridine rings is 1. The summed E-state index contributed by atoms with van der Waals surface area (Å²) in [6, 6.07) is 16.8. The average Bonchev–Trinajstić information content (AvgIpc) is 3.49. The number of thiazole rings is 1. The zero-order chi connectivity index (χ0) is 20.5. The topological polar surface area (TPSA) is 81.3 Å². The van der Waals surface area contributed by atoms with Crippen LogP contribution in [0.5, 0.6) is 0 Å². The lowest BCUT2D eigenvalue weighted by Gasteiger charge is -2.06. The molecule has 0 aliphatic carbocycles. The lowest BCUT2D eigenvalue weighted by atomic mass is 10.2. The van der Waals surface area contributed by atoms with Gasteiger partial charge in [0.1, 0.15) is 9.88 Å². The molecule has 0 fully saturated rings. The first-order valence-corrected chi connectivity index (χ1v) is 10.8. The van der Waals surface area contributed by atoms with Gasteiger partial charge in [-0.05, 0) is 41.3 Å². The Morgan fingerprint density at radius 3 is 2.87 bits per heavy atom. The van der Waals surface area contributed by atoms with Gasteiger partial charge in [0.05, 0.1) is 17.6 Å². The van der Waals surface area contributed by atoms with Crippen LogP contribution in [0.25, 0.3) is 15.5 Å². The molecule has 1 amide bonds. The van der Waals surface area contributed by atoms with Gasteiger partial charge in [0.15, 0.2) is 5.65 Å². The number of fused-ring (bicyclic) bond motifs is 1. The summed E-state index contributed by atoms with van der Waals surface area (Å²) in [4.78, 5) is 31.0. The number of carbonyl (C=O) groups is 1. The summed E-state index contributed by atoms with van der Waals surface area (Å²) < 4.78 is 2.91. The van der Waals surface area contributed by atoms with Crippen molar-refractivity contribution in [1.82, 2.24) is 19.2 Å². The van der Waals surface area contributed by atoms with Crippen molar-refractivity contribution in [2.24, 2.45) is 0 Å². The van der Waals surface area contributed by atoms with Crippen LogP contribution in [0.2, 0.25) is 0 Å². The van der Waals surface area contributed by atoms with Gasteiger partial charge in [-0.25, -0.2) is 14.5 Å². The molecular formula is C21H15N5O2S2. The normalized spacial score (nSPS) is 11.1. The number of amides is 1. The molecule has 0 saturated heterocycles. The molecule has 7 nitrogen and oxygen atoms in total. The lowest BCUT2D eigenvalue weighted by molar-refractivity contribution is 0.103. The monoisotopic (exact) mass is 433 g/mol. The first kappa shape index (κ1) is 18.5. The highest BCUT2D eigenvalue weighted by atomic mass is 32.1. The van der Waals surface area contributed by atoms with Gasteiger partial charge in [0, 0.05) is 11.9 Å². The van der Waals surface area contributed by atoms with E-state index in [1.165, 1.54) is 20.4 Å². The van der Waals surface area contributed by atoms with Gasteiger partial charge in [-0.15, -0.1) is 27.8 Å². The van der Waals surface area contributed by atoms with Crippen molar-refractivity contribution in [3.8, 4) is 9.88 Å². The standard InChI is InChI=1S/C21H15N5O2S2/c27-19(17-12-22-20(30-17)16-7-4-10-29-16)23-15-6-3-5-14(11-15)13-26-21(28)25-9-2-1-8-18(25)24-26/h1-12H,13H2,(H,23,27). The number of benzene rings is 1. The van der Waals surface area contributed by atoms with Crippen LogP contribution in [0, 0.1) is 0 Å². The molecule has 0 aliphatic rings. The second kappa shape index (κ2) is 7.69. The Morgan fingerprint density at radius 2 is 2.03 bits per heavy atom. The van der Waals surface area contributed by atoms with E-state index >= 15 is 0 Å². The molecule has 9 heteroatoms. The van der Waals surface area contributed by atoms with Crippen molar-refractivity contribution >= 4 is 39.9 Å². The number of hydrogen-bond acceptors (Lipinski definition) is 6. The van der Waals surface area contributed by atoms with Crippen molar-refractivity contribution in [2.45, 2.75) is 6.54 Å². The molecule has 0 saturated carbocycles. The zero-order valence-corrected chi connectivity index (χ0v) is 17.2. The van der Waals surface area contributed by atoms with Crippen LogP contribution < -0.4 is 11.0 Å². The van der Waals surface area contributed by atoms with E-state index in [1.807, 2.05) is 47.8 Å². The third kappa shape index (κ3) is 3.56. The summed E-state index contributed by atoms with van der Waals surface area (Å²) in [6.07, 6.45) is 3.28. The van der Waals surface area contributed by atoms with Crippen LogP contribution in [0.15, 0.2) is 77.2 Å². The van der Waals surface area contributed by atoms with E-state index in [-0.39, 0.29) is 11.6 Å². The SMILES string of the molecule is O=C(Nc1cccc(Cn2nc3ccccn3c2=O)c1)c1cnc(-c2cccs2)s1. The third-order valence-electron chi connectivity index (χ3n) is 4.47. The van der Waals surface area contributed by atoms with Gasteiger partial charge < -0.3 is 5.32 Å². The molecule has 4 aromatic heterocycles. The van der Waals surface area contributed by atoms with E-state index in [9.17, 15) is 9.59 Å². The molecule has 5 aromatic rings. The maximum absolute atomic E-state index is 12.6. The maximum atomic E-state index is 12.6. The molecule has 0 aliphatic heterocycles. The first-order chi connectivity index (χ1) is 14.7. The van der Waals surface area contributed by atoms with Crippen molar-refractivity contribution in [1.29, 1.82) is 0 Å². The highest BCUT2D eigenvalue weighted by molar-refractivity contribution is 7.22. The minimum Gasteiger partial charge on any atom is -0.321 e. The molecule has 148 valence electrons. The number of rotatable bonds is 5. The number of nitrogens with zero attached hydrogens (tertiary/aromatic N) is 4. The Kier molecular flexibility index (Phi) is 4.74. The molecule has 0 spiro atoms. The maximum Gasteiger partial charge on any atom is 0.350 e. The van der Waals surface area contributed by atoms with E-state index in [1.54, 1.807) is 35.9 Å². The second-order valence-corrected chi connectivity index (χ2v) is 8.51. The quantitative estimate of drug-likeness (QED) is 0.455. The van der Waals surface area contributed by atoms with Crippen LogP contribution in [-0.4, -0.2) is 25.1 Å². The number of hydrogen-bond donors (Lipinski definition) is 1. The minimum atomic E-state index is -0.211. The molecule has 30 heavy (non-hydrogen) atoms. The van der Waals surface area contributed by atoms with Crippen molar-refractivity contribution in [2.75, 3.05) is 5.32 Å². The van der Waals surface area contributed by atoms with E-state index in [4.69, 9.17) is 0 Å². The molecular weight excluding hydrogens is 418 g/mol. The lowest BCUT2D eigenvalue weighted by Crippen LogP contribution is -2.21. The highest BCUT2D eigenvalue weighted by Crippen LogP contribution is 2.29.